The molecule has 2 atom stereocenters. The first-order chi connectivity index (χ1) is 16.7. The van der Waals surface area contributed by atoms with Gasteiger partial charge in [-0.3, -0.25) is 14.3 Å². The molecular formula is C26H31ClFN5O2. The number of carbonyl (C=O) groups is 2. The standard InChI is InChI=1S/C26H31ClFN5O2/c1-5-23(34)30-17-8-6-7-15(9-17)26(35)31-22-12-18(20(27)13-29-22)16-10-19-24(21(28)11-16)32-33(4)25(19)14(2)3/h10-15,17H,5-9H2,1-4H3,(H,30,34)(H,29,31,35). The number of hydrogen-bond donors (Lipinski definition) is 2. The summed E-state index contributed by atoms with van der Waals surface area (Å²) in [7, 11) is 1.81. The molecule has 1 aliphatic rings. The largest absolute Gasteiger partial charge is 0.353 e. The molecule has 0 saturated heterocycles. The van der Waals surface area contributed by atoms with Crippen LogP contribution < -0.4 is 10.6 Å². The van der Waals surface area contributed by atoms with Crippen LogP contribution in [0.2, 0.25) is 5.02 Å². The van der Waals surface area contributed by atoms with Gasteiger partial charge in [-0.25, -0.2) is 9.37 Å². The molecule has 0 radical (unpaired) electrons. The van der Waals surface area contributed by atoms with Crippen molar-refractivity contribution in [2.45, 2.75) is 64.8 Å². The number of aryl methyl sites for hydroxylation is 1. The van der Waals surface area contributed by atoms with Crippen LogP contribution in [0.4, 0.5) is 10.2 Å². The third-order valence-corrected chi connectivity index (χ3v) is 6.93. The molecule has 0 aliphatic heterocycles. The van der Waals surface area contributed by atoms with E-state index in [0.29, 0.717) is 40.3 Å². The summed E-state index contributed by atoms with van der Waals surface area (Å²) < 4.78 is 16.7. The normalized spacial score (nSPS) is 18.1. The first-order valence-corrected chi connectivity index (χ1v) is 12.5. The van der Waals surface area contributed by atoms with E-state index in [1.54, 1.807) is 10.7 Å². The van der Waals surface area contributed by atoms with Crippen LogP contribution in [0.1, 0.15) is 64.5 Å². The van der Waals surface area contributed by atoms with Crippen molar-refractivity contribution in [3.8, 4) is 11.1 Å². The number of rotatable bonds is 6. The zero-order valence-corrected chi connectivity index (χ0v) is 21.2. The van der Waals surface area contributed by atoms with Crippen molar-refractivity contribution >= 4 is 40.1 Å². The first kappa shape index (κ1) is 25.1. The number of carbonyl (C=O) groups excluding carboxylic acids is 2. The SMILES string of the molecule is CCC(=O)NC1CCCC(C(=O)Nc2cc(-c3cc(F)c4nn(C)c(C(C)C)c4c3)c(Cl)cn2)C1. The number of halogens is 2. The number of aromatic nitrogens is 3. The van der Waals surface area contributed by atoms with E-state index in [-0.39, 0.29) is 29.7 Å². The van der Waals surface area contributed by atoms with Crippen LogP contribution in [0.15, 0.2) is 24.4 Å². The minimum absolute atomic E-state index is 0.00138. The molecule has 186 valence electrons. The lowest BCUT2D eigenvalue weighted by Crippen LogP contribution is -2.40. The van der Waals surface area contributed by atoms with Gasteiger partial charge in [-0.2, -0.15) is 5.10 Å². The van der Waals surface area contributed by atoms with Gasteiger partial charge in [-0.05, 0) is 48.9 Å². The second-order valence-electron chi connectivity index (χ2n) is 9.54. The molecule has 2 heterocycles. The number of nitrogens with zero attached hydrogens (tertiary/aromatic N) is 3. The van der Waals surface area contributed by atoms with E-state index in [1.807, 2.05) is 33.9 Å². The number of anilines is 1. The Balaban J connectivity index is 1.59. The van der Waals surface area contributed by atoms with Crippen molar-refractivity contribution in [3.05, 3.63) is 40.9 Å². The first-order valence-electron chi connectivity index (χ1n) is 12.1. The minimum Gasteiger partial charge on any atom is -0.353 e. The summed E-state index contributed by atoms with van der Waals surface area (Å²) >= 11 is 6.45. The van der Waals surface area contributed by atoms with Gasteiger partial charge in [0.05, 0.1) is 5.02 Å². The maximum absolute atomic E-state index is 15.0. The zero-order chi connectivity index (χ0) is 25.3. The van der Waals surface area contributed by atoms with Gasteiger partial charge in [-0.15, -0.1) is 0 Å². The summed E-state index contributed by atoms with van der Waals surface area (Å²) in [6, 6.07) is 4.97. The second-order valence-corrected chi connectivity index (χ2v) is 9.95. The molecule has 0 spiro atoms. The Morgan fingerprint density at radius 2 is 2.03 bits per heavy atom. The summed E-state index contributed by atoms with van der Waals surface area (Å²) in [5.74, 6) is -0.282. The van der Waals surface area contributed by atoms with Crippen molar-refractivity contribution in [3.63, 3.8) is 0 Å². The molecule has 2 N–H and O–H groups in total. The van der Waals surface area contributed by atoms with Gasteiger partial charge in [0.1, 0.15) is 11.3 Å². The Morgan fingerprint density at radius 3 is 2.74 bits per heavy atom. The molecule has 35 heavy (non-hydrogen) atoms. The fourth-order valence-corrected chi connectivity index (χ4v) is 5.17. The molecule has 9 heteroatoms. The average molecular weight is 500 g/mol. The lowest BCUT2D eigenvalue weighted by Gasteiger charge is -2.28. The Labute approximate surface area is 209 Å². The highest BCUT2D eigenvalue weighted by Gasteiger charge is 2.28. The molecule has 1 aliphatic carbocycles. The topological polar surface area (TPSA) is 88.9 Å². The van der Waals surface area contributed by atoms with Crippen molar-refractivity contribution in [1.29, 1.82) is 0 Å². The number of fused-ring (bicyclic) bond motifs is 1. The van der Waals surface area contributed by atoms with Crippen molar-refractivity contribution < 1.29 is 14.0 Å². The van der Waals surface area contributed by atoms with E-state index < -0.39 is 5.82 Å². The summed E-state index contributed by atoms with van der Waals surface area (Å²) in [5.41, 5.74) is 2.42. The molecule has 1 aromatic carbocycles. The number of nitrogens with one attached hydrogen (secondary N) is 2. The van der Waals surface area contributed by atoms with Crippen LogP contribution in [-0.2, 0) is 16.6 Å². The van der Waals surface area contributed by atoms with Gasteiger partial charge in [0.2, 0.25) is 11.8 Å². The van der Waals surface area contributed by atoms with Gasteiger partial charge in [0.15, 0.2) is 5.82 Å². The molecule has 2 unspecified atom stereocenters. The van der Waals surface area contributed by atoms with Crippen LogP contribution in [-0.4, -0.2) is 32.6 Å². The molecule has 1 fully saturated rings. The summed E-state index contributed by atoms with van der Waals surface area (Å²) in [5, 5.41) is 11.3. The van der Waals surface area contributed by atoms with E-state index in [1.165, 1.54) is 12.3 Å². The minimum atomic E-state index is -0.430. The molecule has 2 aromatic heterocycles. The lowest BCUT2D eigenvalue weighted by atomic mass is 9.85. The van der Waals surface area contributed by atoms with E-state index >= 15 is 0 Å². The highest BCUT2D eigenvalue weighted by Crippen LogP contribution is 2.35. The van der Waals surface area contributed by atoms with Crippen molar-refractivity contribution in [1.82, 2.24) is 20.1 Å². The number of benzene rings is 1. The van der Waals surface area contributed by atoms with Gasteiger partial charge >= 0.3 is 0 Å². The highest BCUT2D eigenvalue weighted by molar-refractivity contribution is 6.33. The smallest absolute Gasteiger partial charge is 0.228 e. The monoisotopic (exact) mass is 499 g/mol. The molecular weight excluding hydrogens is 469 g/mol. The van der Waals surface area contributed by atoms with E-state index in [2.05, 4.69) is 20.7 Å². The van der Waals surface area contributed by atoms with Crippen LogP contribution in [0.5, 0.6) is 0 Å². The van der Waals surface area contributed by atoms with E-state index in [9.17, 15) is 14.0 Å². The maximum Gasteiger partial charge on any atom is 0.228 e. The summed E-state index contributed by atoms with van der Waals surface area (Å²) in [4.78, 5) is 29.0. The van der Waals surface area contributed by atoms with Crippen molar-refractivity contribution in [2.24, 2.45) is 13.0 Å². The predicted molar refractivity (Wildman–Crippen MR) is 136 cm³/mol. The number of amides is 2. The van der Waals surface area contributed by atoms with Crippen LogP contribution in [0.3, 0.4) is 0 Å². The van der Waals surface area contributed by atoms with Gasteiger partial charge in [0.25, 0.3) is 0 Å². The van der Waals surface area contributed by atoms with E-state index in [4.69, 9.17) is 11.6 Å². The fraction of sp³-hybridized carbons (Fsp3) is 0.462. The Bertz CT molecular complexity index is 1270. The zero-order valence-electron chi connectivity index (χ0n) is 20.5. The van der Waals surface area contributed by atoms with E-state index in [0.717, 1.165) is 30.3 Å². The van der Waals surface area contributed by atoms with Crippen LogP contribution in [0.25, 0.3) is 22.0 Å². The quantitative estimate of drug-likeness (QED) is 0.463. The average Bonchev–Trinajstić information content (AvgIpc) is 3.17. The Kier molecular flexibility index (Phi) is 7.40. The van der Waals surface area contributed by atoms with Gasteiger partial charge in [-0.1, -0.05) is 38.8 Å². The number of pyridine rings is 1. The lowest BCUT2D eigenvalue weighted by molar-refractivity contribution is -0.124. The van der Waals surface area contributed by atoms with Crippen LogP contribution in [0, 0.1) is 11.7 Å². The molecule has 1 saturated carbocycles. The predicted octanol–water partition coefficient (Wildman–Crippen LogP) is 5.57. The van der Waals surface area contributed by atoms with Crippen LogP contribution >= 0.6 is 11.6 Å². The summed E-state index contributed by atoms with van der Waals surface area (Å²) in [6.45, 7) is 5.89. The van der Waals surface area contributed by atoms with Gasteiger partial charge in [0, 0.05) is 48.3 Å². The Hall–Kier alpha value is -3.00. The molecule has 7 nitrogen and oxygen atoms in total. The number of hydrogen-bond acceptors (Lipinski definition) is 4. The highest BCUT2D eigenvalue weighted by atomic mass is 35.5. The molecule has 3 aromatic rings. The molecule has 2 amide bonds. The summed E-state index contributed by atoms with van der Waals surface area (Å²) in [6.07, 6.45) is 4.99. The molecule has 0 bridgehead atoms. The third-order valence-electron chi connectivity index (χ3n) is 6.63. The van der Waals surface area contributed by atoms with Crippen molar-refractivity contribution in [2.75, 3.05) is 5.32 Å². The molecule has 4 rings (SSSR count). The fourth-order valence-electron chi connectivity index (χ4n) is 4.96. The van der Waals surface area contributed by atoms with Gasteiger partial charge < -0.3 is 10.6 Å². The third kappa shape index (κ3) is 5.32. The Morgan fingerprint density at radius 1 is 1.26 bits per heavy atom. The second kappa shape index (κ2) is 10.3. The maximum atomic E-state index is 15.0.